The summed E-state index contributed by atoms with van der Waals surface area (Å²) in [6, 6.07) is 10.5. The summed E-state index contributed by atoms with van der Waals surface area (Å²) in [5, 5.41) is 12.8. The summed E-state index contributed by atoms with van der Waals surface area (Å²) in [6.45, 7) is 8.91. The van der Waals surface area contributed by atoms with Gasteiger partial charge in [-0.1, -0.05) is 32.0 Å². The topological polar surface area (TPSA) is 194 Å². The quantitative estimate of drug-likeness (QED) is 0.265. The Balaban J connectivity index is 1.96. The van der Waals surface area contributed by atoms with Crippen molar-refractivity contribution >= 4 is 25.5 Å². The van der Waals surface area contributed by atoms with E-state index in [2.05, 4.69) is 16.1 Å². The second kappa shape index (κ2) is 13.5. The van der Waals surface area contributed by atoms with Crippen LogP contribution in [0.1, 0.15) is 47.8 Å². The van der Waals surface area contributed by atoms with E-state index in [0.717, 1.165) is 4.57 Å². The van der Waals surface area contributed by atoms with Gasteiger partial charge in [0.1, 0.15) is 29.1 Å². The molecule has 1 fully saturated rings. The van der Waals surface area contributed by atoms with Gasteiger partial charge in [0.25, 0.3) is 0 Å². The molecule has 0 aliphatic carbocycles. The van der Waals surface area contributed by atoms with E-state index in [1.807, 2.05) is 0 Å². The fourth-order valence-electron chi connectivity index (χ4n) is 4.07. The standard InChI is InChI=1S/C27H36N5O9P/c1-16(2)23(33)40-22-20(39-25(27(22,6)15-28)32-13-12-21(29)30-26(32)35)14-37-42(36,41-19-10-8-7-9-11-19)31-18(5)24(34)38-17(3)4/h7-13,16-18,20,22,25H,14H2,1-6H3,(H,31,36)(H2,29,30,35)/t18-,20+,22+,25+,27+,42?/m0/s1. The summed E-state index contributed by atoms with van der Waals surface area (Å²) >= 11 is 0. The smallest absolute Gasteiger partial charge is 0.459 e. The molecule has 6 atom stereocenters. The van der Waals surface area contributed by atoms with E-state index >= 15 is 0 Å². The molecule has 1 aliphatic heterocycles. The molecule has 0 spiro atoms. The highest BCUT2D eigenvalue weighted by Crippen LogP contribution is 2.50. The maximum absolute atomic E-state index is 14.0. The first kappa shape index (κ1) is 32.8. The van der Waals surface area contributed by atoms with Crippen molar-refractivity contribution in [1.29, 1.82) is 5.26 Å². The number of nitrogen functional groups attached to an aromatic ring is 1. The van der Waals surface area contributed by atoms with Crippen molar-refractivity contribution in [3.63, 3.8) is 0 Å². The van der Waals surface area contributed by atoms with Gasteiger partial charge in [-0.2, -0.15) is 15.3 Å². The van der Waals surface area contributed by atoms with Crippen LogP contribution in [0.3, 0.4) is 0 Å². The highest BCUT2D eigenvalue weighted by atomic mass is 31.2. The molecule has 0 amide bonds. The number of carbonyl (C=O) groups is 2. The number of benzene rings is 1. The molecule has 1 aliphatic rings. The Morgan fingerprint density at radius 2 is 1.86 bits per heavy atom. The molecule has 3 N–H and O–H groups in total. The van der Waals surface area contributed by atoms with Crippen LogP contribution in [0.25, 0.3) is 0 Å². The van der Waals surface area contributed by atoms with Gasteiger partial charge < -0.3 is 24.5 Å². The van der Waals surface area contributed by atoms with Crippen molar-refractivity contribution in [2.24, 2.45) is 11.3 Å². The molecule has 0 bridgehead atoms. The molecular formula is C27H36N5O9P. The largest absolute Gasteiger partial charge is 0.462 e. The number of ether oxygens (including phenoxy) is 3. The highest BCUT2D eigenvalue weighted by Gasteiger charge is 2.58. The van der Waals surface area contributed by atoms with Crippen molar-refractivity contribution in [2.45, 2.75) is 72.1 Å². The van der Waals surface area contributed by atoms with E-state index < -0.39 is 73.9 Å². The molecule has 3 rings (SSSR count). The van der Waals surface area contributed by atoms with Crippen LogP contribution in [-0.4, -0.2) is 52.5 Å². The number of nitriles is 1. The van der Waals surface area contributed by atoms with Gasteiger partial charge in [0.15, 0.2) is 12.3 Å². The second-order valence-corrected chi connectivity index (χ2v) is 12.2. The second-order valence-electron chi connectivity index (χ2n) is 10.5. The number of aromatic nitrogens is 2. The van der Waals surface area contributed by atoms with Crippen molar-refractivity contribution < 1.29 is 37.4 Å². The summed E-state index contributed by atoms with van der Waals surface area (Å²) < 4.78 is 43.4. The summed E-state index contributed by atoms with van der Waals surface area (Å²) in [7, 11) is -4.34. The predicted molar refractivity (Wildman–Crippen MR) is 150 cm³/mol. The molecular weight excluding hydrogens is 569 g/mol. The van der Waals surface area contributed by atoms with E-state index in [4.69, 9.17) is 29.0 Å². The Morgan fingerprint density at radius 1 is 1.19 bits per heavy atom. The first-order valence-electron chi connectivity index (χ1n) is 13.3. The molecule has 228 valence electrons. The molecule has 42 heavy (non-hydrogen) atoms. The van der Waals surface area contributed by atoms with Crippen LogP contribution in [0.5, 0.6) is 5.75 Å². The maximum atomic E-state index is 14.0. The third-order valence-corrected chi connectivity index (χ3v) is 7.88. The highest BCUT2D eigenvalue weighted by molar-refractivity contribution is 7.52. The fourth-order valence-corrected chi connectivity index (χ4v) is 5.58. The molecule has 1 aromatic heterocycles. The third kappa shape index (κ3) is 7.74. The number of nitrogens with two attached hydrogens (primary N) is 1. The Bertz CT molecular complexity index is 1410. The molecule has 2 aromatic rings. The number of nitrogens with zero attached hydrogens (tertiary/aromatic N) is 3. The first-order valence-corrected chi connectivity index (χ1v) is 14.8. The zero-order chi connectivity index (χ0) is 31.2. The summed E-state index contributed by atoms with van der Waals surface area (Å²) in [6.07, 6.45) is -2.89. The minimum absolute atomic E-state index is 0.0363. The Labute approximate surface area is 243 Å². The molecule has 2 heterocycles. The Kier molecular flexibility index (Phi) is 10.5. The lowest BCUT2D eigenvalue weighted by atomic mass is 9.83. The summed E-state index contributed by atoms with van der Waals surface area (Å²) in [4.78, 5) is 41.5. The molecule has 15 heteroatoms. The number of esters is 2. The molecule has 0 saturated carbocycles. The normalized spacial score (nSPS) is 24.0. The van der Waals surface area contributed by atoms with Crippen molar-refractivity contribution in [3.05, 3.63) is 53.1 Å². The number of anilines is 1. The van der Waals surface area contributed by atoms with Crippen molar-refractivity contribution in [1.82, 2.24) is 14.6 Å². The molecule has 14 nitrogen and oxygen atoms in total. The predicted octanol–water partition coefficient (Wildman–Crippen LogP) is 2.95. The molecule has 1 saturated heterocycles. The number of rotatable bonds is 12. The van der Waals surface area contributed by atoms with Gasteiger partial charge in [-0.3, -0.25) is 18.7 Å². The molecule has 1 unspecified atom stereocenters. The van der Waals surface area contributed by atoms with E-state index in [1.54, 1.807) is 45.9 Å². The zero-order valence-corrected chi connectivity index (χ0v) is 25.1. The van der Waals surface area contributed by atoms with Gasteiger partial charge in [-0.05, 0) is 45.9 Å². The van der Waals surface area contributed by atoms with Crippen molar-refractivity contribution in [2.75, 3.05) is 12.3 Å². The minimum atomic E-state index is -4.34. The lowest BCUT2D eigenvalue weighted by molar-refractivity contribution is -0.159. The van der Waals surface area contributed by atoms with E-state index in [0.29, 0.717) is 0 Å². The number of hydrogen-bond acceptors (Lipinski definition) is 12. The van der Waals surface area contributed by atoms with Crippen LogP contribution in [-0.2, 0) is 32.9 Å². The van der Waals surface area contributed by atoms with E-state index in [9.17, 15) is 24.2 Å². The number of nitrogens with one attached hydrogen (secondary N) is 1. The van der Waals surface area contributed by atoms with Gasteiger partial charge in [0.2, 0.25) is 0 Å². The maximum Gasteiger partial charge on any atom is 0.459 e. The minimum Gasteiger partial charge on any atom is -0.462 e. The first-order chi connectivity index (χ1) is 19.7. The monoisotopic (exact) mass is 605 g/mol. The SMILES string of the molecule is CC(C)OC(=O)[C@H](C)NP(=O)(OC[C@H]1O[C@@H](n2ccc(N)nc2=O)[C@](C)(C#N)[C@@H]1OC(=O)C(C)C)Oc1ccccc1. The van der Waals surface area contributed by atoms with Gasteiger partial charge >= 0.3 is 25.4 Å². The van der Waals surface area contributed by atoms with Crippen LogP contribution in [0.2, 0.25) is 0 Å². The third-order valence-electron chi connectivity index (χ3n) is 6.24. The van der Waals surface area contributed by atoms with Crippen LogP contribution < -0.4 is 21.0 Å². The lowest BCUT2D eigenvalue weighted by Crippen LogP contribution is -2.43. The van der Waals surface area contributed by atoms with Crippen LogP contribution in [0.4, 0.5) is 5.82 Å². The number of hydrogen-bond donors (Lipinski definition) is 2. The van der Waals surface area contributed by atoms with Gasteiger partial charge in [0, 0.05) is 6.20 Å². The summed E-state index contributed by atoms with van der Waals surface area (Å²) in [5.74, 6) is -1.75. The Morgan fingerprint density at radius 3 is 2.43 bits per heavy atom. The van der Waals surface area contributed by atoms with Crippen LogP contribution >= 0.6 is 7.75 Å². The van der Waals surface area contributed by atoms with Gasteiger partial charge in [0.05, 0.1) is 24.7 Å². The summed E-state index contributed by atoms with van der Waals surface area (Å²) in [5.41, 5.74) is 3.21. The van der Waals surface area contributed by atoms with Crippen LogP contribution in [0, 0.1) is 22.7 Å². The number of carbonyl (C=O) groups excluding carboxylic acids is 2. The number of para-hydroxylation sites is 1. The molecule has 1 aromatic carbocycles. The van der Waals surface area contributed by atoms with Gasteiger partial charge in [-0.15, -0.1) is 0 Å². The van der Waals surface area contributed by atoms with Gasteiger partial charge in [-0.25, -0.2) is 9.36 Å². The van der Waals surface area contributed by atoms with Crippen molar-refractivity contribution in [3.8, 4) is 11.8 Å². The zero-order valence-electron chi connectivity index (χ0n) is 24.3. The molecule has 0 radical (unpaired) electrons. The fraction of sp³-hybridized carbons (Fsp3) is 0.519. The van der Waals surface area contributed by atoms with E-state index in [1.165, 1.54) is 38.2 Å². The average molecular weight is 606 g/mol. The van der Waals surface area contributed by atoms with E-state index in [-0.39, 0.29) is 11.6 Å². The lowest BCUT2D eigenvalue weighted by Gasteiger charge is -2.29. The Hall–Kier alpha value is -3.76. The van der Waals surface area contributed by atoms with Crippen LogP contribution in [0.15, 0.2) is 47.4 Å². The average Bonchev–Trinajstić information content (AvgIpc) is 3.19.